The molecule has 0 aliphatic rings. The van der Waals surface area contributed by atoms with E-state index in [-0.39, 0.29) is 6.54 Å². The van der Waals surface area contributed by atoms with E-state index < -0.39 is 6.17 Å². The largest absolute Gasteiger partial charge is 0.497 e. The fraction of sp³-hybridized carbons (Fsp3) is 0.300. The molecule has 0 radical (unpaired) electrons. The van der Waals surface area contributed by atoms with Gasteiger partial charge >= 0.3 is 0 Å². The van der Waals surface area contributed by atoms with Crippen LogP contribution in [-0.2, 0) is 0 Å². The van der Waals surface area contributed by atoms with Crippen LogP contribution in [0.25, 0.3) is 4.85 Å². The summed E-state index contributed by atoms with van der Waals surface area (Å²) in [5.74, 6) is 0.616. The molecule has 0 N–H and O–H groups in total. The zero-order chi connectivity index (χ0) is 9.68. The van der Waals surface area contributed by atoms with E-state index >= 15 is 0 Å². The Labute approximate surface area is 76.8 Å². The second kappa shape index (κ2) is 4.46. The third kappa shape index (κ3) is 2.45. The van der Waals surface area contributed by atoms with E-state index in [1.807, 2.05) is 0 Å². The van der Waals surface area contributed by atoms with Crippen LogP contribution in [0.2, 0.25) is 0 Å². The number of alkyl halides is 1. The first-order valence-corrected chi connectivity index (χ1v) is 3.89. The number of nitrogens with zero attached hydrogens (tertiary/aromatic N) is 1. The first-order valence-electron chi connectivity index (χ1n) is 3.89. The average Bonchev–Trinajstić information content (AvgIpc) is 2.18. The van der Waals surface area contributed by atoms with Crippen LogP contribution >= 0.6 is 0 Å². The number of rotatable bonds is 3. The first kappa shape index (κ1) is 9.53. The summed E-state index contributed by atoms with van der Waals surface area (Å²) >= 11 is 0. The molecule has 68 valence electrons. The highest BCUT2D eigenvalue weighted by atomic mass is 19.1. The highest BCUT2D eigenvalue weighted by Crippen LogP contribution is 2.21. The molecule has 0 spiro atoms. The molecule has 0 saturated carbocycles. The molecule has 0 aromatic heterocycles. The van der Waals surface area contributed by atoms with Crippen molar-refractivity contribution in [2.24, 2.45) is 0 Å². The van der Waals surface area contributed by atoms with Gasteiger partial charge in [-0.1, -0.05) is 12.1 Å². The summed E-state index contributed by atoms with van der Waals surface area (Å²) in [5.41, 5.74) is 0.496. The number of methoxy groups -OCH3 is 1. The van der Waals surface area contributed by atoms with Gasteiger partial charge in [-0.05, 0) is 17.7 Å². The maximum atomic E-state index is 13.2. The summed E-state index contributed by atoms with van der Waals surface area (Å²) in [6.45, 7) is 6.40. The van der Waals surface area contributed by atoms with Gasteiger partial charge in [0.2, 0.25) is 6.54 Å². The number of halogens is 1. The zero-order valence-electron chi connectivity index (χ0n) is 7.33. The number of hydrogen-bond acceptors (Lipinski definition) is 1. The van der Waals surface area contributed by atoms with E-state index in [2.05, 4.69) is 4.85 Å². The molecule has 1 rings (SSSR count). The number of ether oxygens (including phenoxy) is 1. The monoisotopic (exact) mass is 179 g/mol. The SMILES string of the molecule is [C-]#[N+]CC(F)c1cccc(OC)c1. The van der Waals surface area contributed by atoms with Gasteiger partial charge in [0.05, 0.1) is 7.11 Å². The van der Waals surface area contributed by atoms with E-state index in [1.54, 1.807) is 24.3 Å². The molecule has 2 nitrogen and oxygen atoms in total. The van der Waals surface area contributed by atoms with Gasteiger partial charge < -0.3 is 9.58 Å². The van der Waals surface area contributed by atoms with Crippen molar-refractivity contribution in [2.45, 2.75) is 6.17 Å². The van der Waals surface area contributed by atoms with Crippen molar-refractivity contribution < 1.29 is 9.13 Å². The molecule has 13 heavy (non-hydrogen) atoms. The van der Waals surface area contributed by atoms with Crippen molar-refractivity contribution >= 4 is 0 Å². The molecule has 1 atom stereocenters. The topological polar surface area (TPSA) is 13.6 Å². The van der Waals surface area contributed by atoms with Crippen LogP contribution in [0.3, 0.4) is 0 Å². The molecule has 1 unspecified atom stereocenters. The normalized spacial score (nSPS) is 11.8. The summed E-state index contributed by atoms with van der Waals surface area (Å²) in [7, 11) is 1.53. The lowest BCUT2D eigenvalue weighted by Gasteiger charge is -2.04. The second-order valence-electron chi connectivity index (χ2n) is 2.58. The first-order chi connectivity index (χ1) is 6.27. The smallest absolute Gasteiger partial charge is 0.249 e. The molecule has 0 amide bonds. The molecule has 3 heteroatoms. The molecule has 0 aliphatic heterocycles. The fourth-order valence-electron chi connectivity index (χ4n) is 1.02. The van der Waals surface area contributed by atoms with Crippen molar-refractivity contribution in [1.29, 1.82) is 0 Å². The van der Waals surface area contributed by atoms with Gasteiger partial charge in [-0.2, -0.15) is 0 Å². The summed E-state index contributed by atoms with van der Waals surface area (Å²) in [6.07, 6.45) is -1.22. The Morgan fingerprint density at radius 2 is 2.38 bits per heavy atom. The van der Waals surface area contributed by atoms with Gasteiger partial charge in [-0.25, -0.2) is 11.0 Å². The average molecular weight is 179 g/mol. The Morgan fingerprint density at radius 3 is 3.00 bits per heavy atom. The molecule has 0 aliphatic carbocycles. The molecular weight excluding hydrogens is 169 g/mol. The van der Waals surface area contributed by atoms with E-state index in [4.69, 9.17) is 11.3 Å². The highest BCUT2D eigenvalue weighted by molar-refractivity contribution is 5.30. The van der Waals surface area contributed by atoms with Gasteiger partial charge in [0.1, 0.15) is 5.75 Å². The molecular formula is C10H10FNO. The molecule has 1 aromatic rings. The molecule has 0 fully saturated rings. The minimum atomic E-state index is -1.22. The van der Waals surface area contributed by atoms with Crippen LogP contribution in [0.4, 0.5) is 4.39 Å². The maximum Gasteiger partial charge on any atom is 0.249 e. The highest BCUT2D eigenvalue weighted by Gasteiger charge is 2.12. The lowest BCUT2D eigenvalue weighted by molar-refractivity contribution is 0.363. The fourth-order valence-corrected chi connectivity index (χ4v) is 1.02. The van der Waals surface area contributed by atoms with Crippen molar-refractivity contribution in [3.63, 3.8) is 0 Å². The minimum Gasteiger partial charge on any atom is -0.497 e. The molecule has 1 aromatic carbocycles. The number of hydrogen-bond donors (Lipinski definition) is 0. The molecule has 0 saturated heterocycles. The van der Waals surface area contributed by atoms with Gasteiger partial charge in [0.25, 0.3) is 0 Å². The minimum absolute atomic E-state index is 0.132. The van der Waals surface area contributed by atoms with Crippen molar-refractivity contribution in [3.05, 3.63) is 41.2 Å². The van der Waals surface area contributed by atoms with Gasteiger partial charge in [-0.15, -0.1) is 0 Å². The van der Waals surface area contributed by atoms with Crippen molar-refractivity contribution in [3.8, 4) is 5.75 Å². The van der Waals surface area contributed by atoms with Crippen molar-refractivity contribution in [1.82, 2.24) is 0 Å². The predicted molar refractivity (Wildman–Crippen MR) is 48.3 cm³/mol. The van der Waals surface area contributed by atoms with Gasteiger partial charge in [-0.3, -0.25) is 0 Å². The summed E-state index contributed by atoms with van der Waals surface area (Å²) in [4.78, 5) is 3.00. The van der Waals surface area contributed by atoms with E-state index in [0.717, 1.165) is 0 Å². The lowest BCUT2D eigenvalue weighted by Crippen LogP contribution is -1.94. The van der Waals surface area contributed by atoms with Crippen LogP contribution < -0.4 is 4.74 Å². The molecule has 0 bridgehead atoms. The van der Waals surface area contributed by atoms with Crippen LogP contribution in [0, 0.1) is 6.57 Å². The Hall–Kier alpha value is -1.56. The number of benzene rings is 1. The Balaban J connectivity index is 2.83. The summed E-state index contributed by atoms with van der Waals surface area (Å²) < 4.78 is 18.1. The van der Waals surface area contributed by atoms with E-state index in [1.165, 1.54) is 7.11 Å². The Bertz CT molecular complexity index is 319. The van der Waals surface area contributed by atoms with Crippen LogP contribution in [0.15, 0.2) is 24.3 Å². The van der Waals surface area contributed by atoms with Gasteiger partial charge in [0, 0.05) is 0 Å². The van der Waals surface area contributed by atoms with E-state index in [9.17, 15) is 4.39 Å². The Morgan fingerprint density at radius 1 is 1.62 bits per heavy atom. The predicted octanol–water partition coefficient (Wildman–Crippen LogP) is 2.63. The van der Waals surface area contributed by atoms with E-state index in [0.29, 0.717) is 11.3 Å². The maximum absolute atomic E-state index is 13.2. The Kier molecular flexibility index (Phi) is 3.27. The third-order valence-electron chi connectivity index (χ3n) is 1.71. The van der Waals surface area contributed by atoms with Gasteiger partial charge in [0.15, 0.2) is 6.17 Å². The van der Waals surface area contributed by atoms with Crippen LogP contribution in [-0.4, -0.2) is 13.7 Å². The quantitative estimate of drug-likeness (QED) is 0.650. The lowest BCUT2D eigenvalue weighted by atomic mass is 10.1. The van der Waals surface area contributed by atoms with Crippen LogP contribution in [0.5, 0.6) is 5.75 Å². The second-order valence-corrected chi connectivity index (χ2v) is 2.58. The standard InChI is InChI=1S/C10H10FNO/c1-12-7-10(11)8-4-3-5-9(6-8)13-2/h3-6,10H,7H2,2H3. The third-order valence-corrected chi connectivity index (χ3v) is 1.71. The zero-order valence-corrected chi connectivity index (χ0v) is 7.33. The molecule has 0 heterocycles. The van der Waals surface area contributed by atoms with Crippen LogP contribution in [0.1, 0.15) is 11.7 Å². The van der Waals surface area contributed by atoms with Crippen molar-refractivity contribution in [2.75, 3.05) is 13.7 Å². The summed E-state index contributed by atoms with van der Waals surface area (Å²) in [5, 5.41) is 0. The summed E-state index contributed by atoms with van der Waals surface area (Å²) in [6, 6.07) is 6.72.